The Balaban J connectivity index is 1.50. The van der Waals surface area contributed by atoms with Gasteiger partial charge < -0.3 is 30.6 Å². The van der Waals surface area contributed by atoms with Gasteiger partial charge in [-0.05, 0) is 61.7 Å². The Bertz CT molecular complexity index is 2140. The minimum atomic E-state index is -0.526. The third kappa shape index (κ3) is 5.41. The third-order valence-corrected chi connectivity index (χ3v) is 9.02. The molecule has 0 amide bonds. The molecule has 0 radical (unpaired) electrons. The molecule has 8 nitrogen and oxygen atoms in total. The first-order valence-electron chi connectivity index (χ1n) is 15.4. The molecule has 0 saturated heterocycles. The smallest absolute Gasteiger partial charge is 0.167 e. The number of fused-ring (bicyclic) bond motifs is 2. The van der Waals surface area contributed by atoms with Gasteiger partial charge in [-0.3, -0.25) is 9.59 Å². The van der Waals surface area contributed by atoms with Crippen molar-refractivity contribution in [3.63, 3.8) is 0 Å². The zero-order chi connectivity index (χ0) is 34.6. The maximum Gasteiger partial charge on any atom is 0.167 e. The minimum absolute atomic E-state index is 0.142. The fourth-order valence-electron chi connectivity index (χ4n) is 6.39. The number of aryl methyl sites for hydroxylation is 4. The van der Waals surface area contributed by atoms with Crippen molar-refractivity contribution in [1.82, 2.24) is 0 Å². The number of carbonyl (C=O) groups is 2. The lowest BCUT2D eigenvalue weighted by molar-refractivity contribution is 0.0984. The van der Waals surface area contributed by atoms with Crippen molar-refractivity contribution in [3.05, 3.63) is 117 Å². The van der Waals surface area contributed by atoms with Crippen LogP contribution >= 0.6 is 0 Å². The van der Waals surface area contributed by atoms with Gasteiger partial charge in [0.25, 0.3) is 0 Å². The molecule has 0 unspecified atom stereocenters. The van der Waals surface area contributed by atoms with E-state index in [2.05, 4.69) is 0 Å². The van der Waals surface area contributed by atoms with Crippen LogP contribution in [0.3, 0.4) is 0 Å². The van der Waals surface area contributed by atoms with Crippen molar-refractivity contribution in [1.29, 1.82) is 0 Å². The first-order chi connectivity index (χ1) is 22.8. The van der Waals surface area contributed by atoms with Gasteiger partial charge in [0.15, 0.2) is 34.6 Å². The minimum Gasteiger partial charge on any atom is -0.507 e. The number of hydrogen-bond acceptors (Lipinski definition) is 8. The molecule has 0 bridgehead atoms. The molecule has 0 fully saturated rings. The van der Waals surface area contributed by atoms with E-state index in [0.717, 1.165) is 11.1 Å². The van der Waals surface area contributed by atoms with Gasteiger partial charge in [-0.2, -0.15) is 0 Å². The normalized spacial score (nSPS) is 11.3. The van der Waals surface area contributed by atoms with Gasteiger partial charge in [-0.15, -0.1) is 0 Å². The van der Waals surface area contributed by atoms with E-state index < -0.39 is 23.0 Å². The van der Waals surface area contributed by atoms with Crippen molar-refractivity contribution >= 4 is 33.1 Å². The number of hydrogen-bond donors (Lipinski definition) is 6. The number of Topliss-reactive ketones (excluding diaryl/α,β-unsaturated/α-hetero) is 2. The summed E-state index contributed by atoms with van der Waals surface area (Å²) in [5.74, 6) is -3.18. The summed E-state index contributed by atoms with van der Waals surface area (Å²) in [6.45, 7) is 7.21. The van der Waals surface area contributed by atoms with E-state index in [1.54, 1.807) is 74.5 Å². The molecule has 0 aromatic heterocycles. The Kier molecular flexibility index (Phi) is 7.96. The molecule has 48 heavy (non-hydrogen) atoms. The van der Waals surface area contributed by atoms with E-state index in [0.29, 0.717) is 33.0 Å². The van der Waals surface area contributed by atoms with E-state index >= 15 is 0 Å². The Morgan fingerprint density at radius 2 is 0.792 bits per heavy atom. The van der Waals surface area contributed by atoms with Crippen molar-refractivity contribution in [2.75, 3.05) is 0 Å². The average Bonchev–Trinajstić information content (AvgIpc) is 3.05. The number of benzene rings is 6. The molecule has 6 N–H and O–H groups in total. The zero-order valence-electron chi connectivity index (χ0n) is 26.8. The van der Waals surface area contributed by atoms with Gasteiger partial charge in [0.2, 0.25) is 0 Å². The summed E-state index contributed by atoms with van der Waals surface area (Å²) >= 11 is 0. The first kappa shape index (κ1) is 31.9. The van der Waals surface area contributed by atoms with Crippen molar-refractivity contribution in [2.24, 2.45) is 0 Å². The number of ketones is 2. The summed E-state index contributed by atoms with van der Waals surface area (Å²) in [7, 11) is 0. The lowest BCUT2D eigenvalue weighted by Gasteiger charge is -2.20. The highest BCUT2D eigenvalue weighted by molar-refractivity contribution is 6.09. The standard InChI is InChI=1S/C40H34O8/c1-19-5-9-23(10-6-19)31(41)15-27-25-13-21(3)35(39(47)29(25)17-33(43)37(27)45)36-22(4)14-26-28(38(46)34(44)18-30(26)40(36)48)16-32(42)24-11-7-20(2)8-12-24/h5-14,17-18,43-48H,15-16H2,1-4H3. The topological polar surface area (TPSA) is 156 Å². The van der Waals surface area contributed by atoms with E-state index in [-0.39, 0.29) is 68.9 Å². The number of aromatic hydroxyl groups is 6. The lowest BCUT2D eigenvalue weighted by atomic mass is 9.86. The Morgan fingerprint density at radius 3 is 1.12 bits per heavy atom. The molecule has 0 aliphatic carbocycles. The second-order valence-electron chi connectivity index (χ2n) is 12.4. The van der Waals surface area contributed by atoms with Crippen LogP contribution in [0.25, 0.3) is 32.7 Å². The summed E-state index contributed by atoms with van der Waals surface area (Å²) in [4.78, 5) is 26.4. The number of carbonyl (C=O) groups excluding carboxylic acids is 2. The Hall–Kier alpha value is -6.02. The summed E-state index contributed by atoms with van der Waals surface area (Å²) in [5.41, 5.74) is 4.55. The highest BCUT2D eigenvalue weighted by Crippen LogP contribution is 2.51. The van der Waals surface area contributed by atoms with Crippen LogP contribution in [-0.2, 0) is 12.8 Å². The van der Waals surface area contributed by atoms with Crippen LogP contribution in [0.15, 0.2) is 72.8 Å². The van der Waals surface area contributed by atoms with Gasteiger partial charge in [0.1, 0.15) is 11.5 Å². The van der Waals surface area contributed by atoms with Gasteiger partial charge in [0, 0.05) is 57.0 Å². The fraction of sp³-hybridized carbons (Fsp3) is 0.150. The molecule has 0 spiro atoms. The third-order valence-electron chi connectivity index (χ3n) is 9.02. The first-order valence-corrected chi connectivity index (χ1v) is 15.4. The molecule has 6 rings (SSSR count). The predicted molar refractivity (Wildman–Crippen MR) is 185 cm³/mol. The Labute approximate surface area is 276 Å². The summed E-state index contributed by atoms with van der Waals surface area (Å²) in [5, 5.41) is 67.5. The second-order valence-corrected chi connectivity index (χ2v) is 12.4. The summed E-state index contributed by atoms with van der Waals surface area (Å²) < 4.78 is 0. The van der Waals surface area contributed by atoms with Crippen LogP contribution in [0.4, 0.5) is 0 Å². The molecular formula is C40H34O8. The summed E-state index contributed by atoms with van der Waals surface area (Å²) in [6.07, 6.45) is -0.490. The molecule has 0 atom stereocenters. The van der Waals surface area contributed by atoms with E-state index in [1.807, 2.05) is 13.8 Å². The van der Waals surface area contributed by atoms with E-state index in [9.17, 15) is 40.2 Å². The SMILES string of the molecule is Cc1ccc(C(=O)Cc2c(O)c(O)cc3c(O)c(-c4c(C)cc5c(CC(=O)c6ccc(C)cc6)c(O)c(O)cc5c4O)c(C)cc23)cc1. The quantitative estimate of drug-likeness (QED) is 0.0756. The molecule has 0 aliphatic heterocycles. The Morgan fingerprint density at radius 1 is 0.458 bits per heavy atom. The molecule has 6 aromatic carbocycles. The maximum atomic E-state index is 13.2. The number of phenolic OH excluding ortho intramolecular Hbond substituents is 6. The van der Waals surface area contributed by atoms with Crippen molar-refractivity contribution in [2.45, 2.75) is 40.5 Å². The molecule has 6 aromatic rings. The molecule has 242 valence electrons. The zero-order valence-corrected chi connectivity index (χ0v) is 26.8. The molecule has 0 aliphatic rings. The van der Waals surface area contributed by atoms with Crippen LogP contribution in [0.1, 0.15) is 54.1 Å². The summed E-state index contributed by atoms with van der Waals surface area (Å²) in [6, 6.07) is 19.7. The fourth-order valence-corrected chi connectivity index (χ4v) is 6.39. The van der Waals surface area contributed by atoms with E-state index in [1.165, 1.54) is 12.1 Å². The predicted octanol–water partition coefficient (Wildman–Crippen LogP) is 7.98. The molecule has 0 heterocycles. The monoisotopic (exact) mass is 642 g/mol. The van der Waals surface area contributed by atoms with Crippen molar-refractivity contribution in [3.8, 4) is 45.6 Å². The van der Waals surface area contributed by atoms with Gasteiger partial charge in [0.05, 0.1) is 0 Å². The van der Waals surface area contributed by atoms with Gasteiger partial charge >= 0.3 is 0 Å². The van der Waals surface area contributed by atoms with Crippen molar-refractivity contribution < 1.29 is 40.2 Å². The van der Waals surface area contributed by atoms with Crippen LogP contribution in [0.5, 0.6) is 34.5 Å². The van der Waals surface area contributed by atoms with Crippen LogP contribution in [0, 0.1) is 27.7 Å². The number of rotatable bonds is 7. The van der Waals surface area contributed by atoms with E-state index in [4.69, 9.17) is 0 Å². The van der Waals surface area contributed by atoms with Crippen LogP contribution in [-0.4, -0.2) is 42.2 Å². The van der Waals surface area contributed by atoms with Crippen LogP contribution in [0.2, 0.25) is 0 Å². The number of phenols is 6. The van der Waals surface area contributed by atoms with Crippen LogP contribution < -0.4 is 0 Å². The highest BCUT2D eigenvalue weighted by Gasteiger charge is 2.26. The molecule has 8 heteroatoms. The van der Waals surface area contributed by atoms with Gasteiger partial charge in [-0.1, -0.05) is 71.8 Å². The highest BCUT2D eigenvalue weighted by atomic mass is 16.3. The molecular weight excluding hydrogens is 608 g/mol. The molecule has 0 saturated carbocycles. The second kappa shape index (κ2) is 12.0. The average molecular weight is 643 g/mol. The van der Waals surface area contributed by atoms with Gasteiger partial charge in [-0.25, -0.2) is 0 Å². The largest absolute Gasteiger partial charge is 0.507 e. The lowest BCUT2D eigenvalue weighted by Crippen LogP contribution is -2.05. The maximum absolute atomic E-state index is 13.2.